The molecule has 6 nitrogen and oxygen atoms in total. The molecule has 0 atom stereocenters. The van der Waals surface area contributed by atoms with Gasteiger partial charge >= 0.3 is 12.1 Å². The molecule has 2 heterocycles. The van der Waals surface area contributed by atoms with Crippen LogP contribution in [0.5, 0.6) is 0 Å². The number of nitrogens with one attached hydrogen (secondary N) is 1. The van der Waals surface area contributed by atoms with Crippen molar-refractivity contribution in [2.45, 2.75) is 38.8 Å². The van der Waals surface area contributed by atoms with E-state index >= 15 is 0 Å². The summed E-state index contributed by atoms with van der Waals surface area (Å²) < 4.78 is 44.9. The highest BCUT2D eigenvalue weighted by Gasteiger charge is 2.40. The Labute approximate surface area is 167 Å². The molecular weight excluding hydrogens is 419 g/mol. The van der Waals surface area contributed by atoms with Crippen molar-refractivity contribution in [2.75, 3.05) is 11.9 Å². The number of carbonyl (C=O) groups excluding carboxylic acids is 2. The maximum atomic E-state index is 13.1. The molecule has 11 heteroatoms. The monoisotopic (exact) mass is 435 g/mol. The number of ether oxygens (including phenoxy) is 1. The third-order valence-corrected chi connectivity index (χ3v) is 5.92. The minimum Gasteiger partial charge on any atom is -0.462 e. The number of hydrogen-bond acceptors (Lipinski definition) is 5. The molecule has 0 saturated carbocycles. The summed E-state index contributed by atoms with van der Waals surface area (Å²) >= 11 is 7.00. The van der Waals surface area contributed by atoms with E-state index in [0.29, 0.717) is 11.1 Å². The van der Waals surface area contributed by atoms with Crippen LogP contribution in [0.2, 0.25) is 5.02 Å². The molecule has 1 aliphatic rings. The highest BCUT2D eigenvalue weighted by molar-refractivity contribution is 7.17. The van der Waals surface area contributed by atoms with Gasteiger partial charge in [-0.25, -0.2) is 4.79 Å². The lowest BCUT2D eigenvalue weighted by Crippen LogP contribution is -2.16. The highest BCUT2D eigenvalue weighted by Crippen LogP contribution is 2.40. The van der Waals surface area contributed by atoms with Crippen molar-refractivity contribution in [2.24, 2.45) is 7.05 Å². The van der Waals surface area contributed by atoms with Crippen LogP contribution in [0, 0.1) is 0 Å². The number of esters is 1. The topological polar surface area (TPSA) is 73.2 Å². The molecule has 0 radical (unpaired) electrons. The number of aromatic nitrogens is 2. The minimum absolute atomic E-state index is 0.165. The molecule has 1 N–H and O–H groups in total. The van der Waals surface area contributed by atoms with Crippen molar-refractivity contribution in [3.05, 3.63) is 32.4 Å². The first-order valence-corrected chi connectivity index (χ1v) is 9.77. The number of alkyl halides is 3. The quantitative estimate of drug-likeness (QED) is 0.719. The van der Waals surface area contributed by atoms with Gasteiger partial charge in [0.15, 0.2) is 11.4 Å². The molecule has 0 fully saturated rings. The number of hydrogen-bond donors (Lipinski definition) is 1. The summed E-state index contributed by atoms with van der Waals surface area (Å²) in [5, 5.41) is 5.57. The molecule has 0 aromatic carbocycles. The number of fused-ring (bicyclic) bond motifs is 1. The Morgan fingerprint density at radius 3 is 2.61 bits per heavy atom. The zero-order valence-electron chi connectivity index (χ0n) is 15.1. The summed E-state index contributed by atoms with van der Waals surface area (Å²) in [6.45, 7) is 1.83. The molecule has 152 valence electrons. The zero-order chi connectivity index (χ0) is 20.6. The van der Waals surface area contributed by atoms with Gasteiger partial charge in [0, 0.05) is 11.9 Å². The lowest BCUT2D eigenvalue weighted by molar-refractivity contribution is -0.143. The lowest BCUT2D eigenvalue weighted by Gasteiger charge is -2.12. The smallest absolute Gasteiger partial charge is 0.434 e. The number of aryl methyl sites for hydroxylation is 2. The predicted octanol–water partition coefficient (Wildman–Crippen LogP) is 4.46. The summed E-state index contributed by atoms with van der Waals surface area (Å²) in [4.78, 5) is 26.0. The van der Waals surface area contributed by atoms with Crippen LogP contribution in [0.15, 0.2) is 0 Å². The maximum Gasteiger partial charge on any atom is 0.434 e. The van der Waals surface area contributed by atoms with Gasteiger partial charge in [-0.2, -0.15) is 18.3 Å². The molecule has 28 heavy (non-hydrogen) atoms. The standard InChI is InChI=1S/C17H17ClF3N3O3S/c1-3-27-16(26)10-8-6-4-5-7-9(8)28-15(10)22-14(25)12-11(18)13(17(19,20)21)24(2)23-12/h3-7H2,1-2H3,(H,22,25). The minimum atomic E-state index is -4.75. The second-order valence-electron chi connectivity index (χ2n) is 6.22. The third kappa shape index (κ3) is 3.75. The summed E-state index contributed by atoms with van der Waals surface area (Å²) in [5.74, 6) is -1.49. The van der Waals surface area contributed by atoms with E-state index in [9.17, 15) is 22.8 Å². The fourth-order valence-electron chi connectivity index (χ4n) is 3.19. The van der Waals surface area contributed by atoms with Gasteiger partial charge in [-0.3, -0.25) is 9.48 Å². The average molecular weight is 436 g/mol. The van der Waals surface area contributed by atoms with Crippen molar-refractivity contribution in [1.29, 1.82) is 0 Å². The first-order chi connectivity index (χ1) is 13.1. The SMILES string of the molecule is CCOC(=O)c1c(NC(=O)c2nn(C)c(C(F)(F)F)c2Cl)sc2c1CCCC2. The number of halogens is 4. The van der Waals surface area contributed by atoms with Crippen LogP contribution in [0.1, 0.15) is 56.7 Å². The summed E-state index contributed by atoms with van der Waals surface area (Å²) in [6, 6.07) is 0. The lowest BCUT2D eigenvalue weighted by atomic mass is 9.95. The van der Waals surface area contributed by atoms with Crippen LogP contribution in [0.25, 0.3) is 0 Å². The Kier molecular flexibility index (Phi) is 5.72. The molecule has 2 aromatic heterocycles. The molecule has 1 aliphatic carbocycles. The van der Waals surface area contributed by atoms with Crippen molar-refractivity contribution >= 4 is 39.8 Å². The van der Waals surface area contributed by atoms with Crippen LogP contribution >= 0.6 is 22.9 Å². The molecule has 0 aliphatic heterocycles. The van der Waals surface area contributed by atoms with Gasteiger partial charge in [-0.15, -0.1) is 11.3 Å². The molecular formula is C17H17ClF3N3O3S. The number of nitrogens with zero attached hydrogens (tertiary/aromatic N) is 2. The van der Waals surface area contributed by atoms with Crippen molar-refractivity contribution in [3.8, 4) is 0 Å². The average Bonchev–Trinajstić information content (AvgIpc) is 3.11. The largest absolute Gasteiger partial charge is 0.462 e. The van der Waals surface area contributed by atoms with Gasteiger partial charge in [-0.1, -0.05) is 11.6 Å². The van der Waals surface area contributed by atoms with Gasteiger partial charge in [0.25, 0.3) is 5.91 Å². The first-order valence-electron chi connectivity index (χ1n) is 8.57. The van der Waals surface area contributed by atoms with Crippen molar-refractivity contribution < 1.29 is 27.5 Å². The first kappa shape index (κ1) is 20.7. The van der Waals surface area contributed by atoms with Gasteiger partial charge in [-0.05, 0) is 38.2 Å². The van der Waals surface area contributed by atoms with Gasteiger partial charge < -0.3 is 10.1 Å². The molecule has 0 bridgehead atoms. The van der Waals surface area contributed by atoms with Crippen LogP contribution in [0.3, 0.4) is 0 Å². The van der Waals surface area contributed by atoms with E-state index in [1.165, 1.54) is 11.3 Å². The van der Waals surface area contributed by atoms with Crippen molar-refractivity contribution in [1.82, 2.24) is 9.78 Å². The van der Waals surface area contributed by atoms with Gasteiger partial charge in [0.2, 0.25) is 0 Å². The molecule has 3 rings (SSSR count). The predicted molar refractivity (Wildman–Crippen MR) is 98.1 cm³/mol. The zero-order valence-corrected chi connectivity index (χ0v) is 16.6. The number of anilines is 1. The van der Waals surface area contributed by atoms with Crippen LogP contribution in [-0.4, -0.2) is 28.3 Å². The number of thiophene rings is 1. The Morgan fingerprint density at radius 2 is 2.00 bits per heavy atom. The molecule has 0 unspecified atom stereocenters. The normalized spacial score (nSPS) is 13.9. The summed E-state index contributed by atoms with van der Waals surface area (Å²) in [6.07, 6.45) is -1.44. The number of amides is 1. The van der Waals surface area contributed by atoms with E-state index in [2.05, 4.69) is 10.4 Å². The highest BCUT2D eigenvalue weighted by atomic mass is 35.5. The van der Waals surface area contributed by atoms with E-state index in [0.717, 1.165) is 36.8 Å². The number of carbonyl (C=O) groups is 2. The van der Waals surface area contributed by atoms with Crippen LogP contribution in [0.4, 0.5) is 18.2 Å². The molecule has 0 spiro atoms. The molecule has 1 amide bonds. The fourth-order valence-corrected chi connectivity index (χ4v) is 4.81. The van der Waals surface area contributed by atoms with Crippen LogP contribution < -0.4 is 5.32 Å². The van der Waals surface area contributed by atoms with Gasteiger partial charge in [0.1, 0.15) is 10.0 Å². The van der Waals surface area contributed by atoms with Gasteiger partial charge in [0.05, 0.1) is 12.2 Å². The van der Waals surface area contributed by atoms with E-state index in [4.69, 9.17) is 16.3 Å². The summed E-state index contributed by atoms with van der Waals surface area (Å²) in [7, 11) is 1.05. The molecule has 2 aromatic rings. The second kappa shape index (κ2) is 7.75. The Morgan fingerprint density at radius 1 is 1.32 bits per heavy atom. The Hall–Kier alpha value is -2.07. The summed E-state index contributed by atoms with van der Waals surface area (Å²) in [5.41, 5.74) is -0.681. The number of rotatable bonds is 4. The molecule has 0 saturated heterocycles. The van der Waals surface area contributed by atoms with E-state index in [-0.39, 0.29) is 17.2 Å². The Balaban J connectivity index is 1.97. The van der Waals surface area contributed by atoms with Crippen molar-refractivity contribution in [3.63, 3.8) is 0 Å². The second-order valence-corrected chi connectivity index (χ2v) is 7.71. The van der Waals surface area contributed by atoms with E-state index < -0.39 is 34.5 Å². The fraction of sp³-hybridized carbons (Fsp3) is 0.471. The van der Waals surface area contributed by atoms with E-state index in [1.807, 2.05) is 0 Å². The third-order valence-electron chi connectivity index (χ3n) is 4.35. The van der Waals surface area contributed by atoms with E-state index in [1.54, 1.807) is 6.92 Å². The maximum absolute atomic E-state index is 13.1. The Bertz CT molecular complexity index is 936. The van der Waals surface area contributed by atoms with Crippen LogP contribution in [-0.2, 0) is 30.8 Å².